The van der Waals surface area contributed by atoms with Gasteiger partial charge in [-0.15, -0.1) is 11.8 Å². The van der Waals surface area contributed by atoms with E-state index < -0.39 is 18.0 Å². The minimum Gasteiger partial charge on any atom is -0.477 e. The Bertz CT molecular complexity index is 888. The first kappa shape index (κ1) is 22.9. The largest absolute Gasteiger partial charge is 0.477 e. The average Bonchev–Trinajstić information content (AvgIpc) is 3.40. The summed E-state index contributed by atoms with van der Waals surface area (Å²) in [7, 11) is 0. The van der Waals surface area contributed by atoms with Crippen molar-refractivity contribution < 1.29 is 24.6 Å². The van der Waals surface area contributed by atoms with Crippen LogP contribution in [0.15, 0.2) is 15.6 Å². The number of nitrogens with zero attached hydrogens (tertiary/aromatic N) is 3. The van der Waals surface area contributed by atoms with Crippen LogP contribution in [0.5, 0.6) is 0 Å². The van der Waals surface area contributed by atoms with Gasteiger partial charge in [-0.3, -0.25) is 9.59 Å². The maximum absolute atomic E-state index is 12.9. The van der Waals surface area contributed by atoms with E-state index in [2.05, 4.69) is 10.3 Å². The first-order valence-electron chi connectivity index (χ1n) is 10.9. The summed E-state index contributed by atoms with van der Waals surface area (Å²) >= 11 is 1.43. The van der Waals surface area contributed by atoms with E-state index in [1.54, 1.807) is 11.8 Å². The van der Waals surface area contributed by atoms with Crippen LogP contribution in [0.25, 0.3) is 0 Å². The molecule has 7 atom stereocenters. The number of aliphatic hydroxyl groups is 1. The molecule has 0 aliphatic carbocycles. The number of carbonyl (C=O) groups is 3. The number of aliphatic carboxylic acids is 1. The number of rotatable bonds is 6. The maximum atomic E-state index is 12.9. The lowest BCUT2D eigenvalue weighted by atomic mass is 9.79. The number of amides is 2. The molecule has 0 unspecified atom stereocenters. The molecule has 12 heteroatoms. The molecule has 4 aliphatic heterocycles. The average molecular weight is 467 g/mol. The van der Waals surface area contributed by atoms with Gasteiger partial charge in [0.2, 0.25) is 11.8 Å². The van der Waals surface area contributed by atoms with E-state index in [9.17, 15) is 24.6 Å². The summed E-state index contributed by atoms with van der Waals surface area (Å²) in [6, 6.07) is -0.762. The van der Waals surface area contributed by atoms with E-state index in [-0.39, 0.29) is 52.8 Å². The summed E-state index contributed by atoms with van der Waals surface area (Å²) in [5, 5.41) is 23.0. The Kier molecular flexibility index (Phi) is 6.12. The molecule has 0 aromatic rings. The van der Waals surface area contributed by atoms with E-state index in [1.807, 2.05) is 6.92 Å². The minimum absolute atomic E-state index is 0.00136. The highest BCUT2D eigenvalue weighted by molar-refractivity contribution is 8.03. The second kappa shape index (κ2) is 8.56. The number of hydrogen-bond donors (Lipinski definition) is 5. The molecule has 11 nitrogen and oxygen atoms in total. The molecule has 4 heterocycles. The predicted octanol–water partition coefficient (Wildman–Crippen LogP) is -1.52. The van der Waals surface area contributed by atoms with E-state index >= 15 is 0 Å². The van der Waals surface area contributed by atoms with Gasteiger partial charge in [0.25, 0.3) is 0 Å². The van der Waals surface area contributed by atoms with E-state index in [0.717, 1.165) is 6.42 Å². The van der Waals surface area contributed by atoms with Gasteiger partial charge in [0.05, 0.1) is 30.1 Å². The molecular weight excluding hydrogens is 436 g/mol. The highest BCUT2D eigenvalue weighted by Gasteiger charge is 2.60. The maximum Gasteiger partial charge on any atom is 0.353 e. The van der Waals surface area contributed by atoms with Crippen LogP contribution < -0.4 is 16.8 Å². The van der Waals surface area contributed by atoms with Crippen molar-refractivity contribution in [2.45, 2.75) is 56.2 Å². The monoisotopic (exact) mass is 466 g/mol. The van der Waals surface area contributed by atoms with E-state index in [0.29, 0.717) is 31.0 Å². The molecule has 7 N–H and O–H groups in total. The smallest absolute Gasteiger partial charge is 0.353 e. The van der Waals surface area contributed by atoms with Gasteiger partial charge in [0, 0.05) is 35.7 Å². The molecule has 3 fully saturated rings. The minimum atomic E-state index is -1.14. The van der Waals surface area contributed by atoms with Crippen LogP contribution in [0.1, 0.15) is 26.7 Å². The standard InChI is InChI=1S/C20H30N6O5S/c1-8-14-13(9(2)27)18(29)26(14)15(19(30)31)16(8)32-11-5-12(23-6-11)17(28)25-4-3-10(7-25)24-20(21)22/h8-14,23,27H,3-7H2,1-2H3,(H,30,31)(H4,21,22,24)/t8-,9-,10+,11+,12+,13-,14-/m1/s1. The van der Waals surface area contributed by atoms with Gasteiger partial charge in [-0.25, -0.2) is 9.79 Å². The molecular formula is C20H30N6O5S. The third-order valence-electron chi connectivity index (χ3n) is 6.80. The van der Waals surface area contributed by atoms with E-state index in [4.69, 9.17) is 11.5 Å². The number of aliphatic hydroxyl groups excluding tert-OH is 1. The Labute approximate surface area is 190 Å². The molecule has 176 valence electrons. The van der Waals surface area contributed by atoms with Gasteiger partial charge >= 0.3 is 5.97 Å². The Morgan fingerprint density at radius 3 is 2.69 bits per heavy atom. The SMILES string of the molecule is C[C@@H](O)[C@H]1C(=O)N2C(C(=O)O)=C(S[C@@H]3CN[C@H](C(=O)N4CC[C@H](N=C(N)N)C4)C3)[C@H](C)[C@H]12. The summed E-state index contributed by atoms with van der Waals surface area (Å²) in [6.07, 6.45) is 0.453. The second-order valence-electron chi connectivity index (χ2n) is 8.99. The molecule has 0 spiro atoms. The zero-order chi connectivity index (χ0) is 23.3. The summed E-state index contributed by atoms with van der Waals surface area (Å²) in [6.45, 7) is 5.11. The molecule has 0 radical (unpaired) electrons. The van der Waals surface area contributed by atoms with Gasteiger partial charge in [-0.05, 0) is 19.8 Å². The molecule has 4 aliphatic rings. The lowest BCUT2D eigenvalue weighted by Gasteiger charge is -2.46. The summed E-state index contributed by atoms with van der Waals surface area (Å²) in [4.78, 5) is 45.2. The van der Waals surface area contributed by atoms with E-state index in [1.165, 1.54) is 16.7 Å². The fourth-order valence-corrected chi connectivity index (χ4v) is 6.80. The van der Waals surface area contributed by atoms with Gasteiger partial charge in [-0.2, -0.15) is 0 Å². The lowest BCUT2D eigenvalue weighted by molar-refractivity contribution is -0.163. The molecule has 4 rings (SSSR count). The Balaban J connectivity index is 1.41. The van der Waals surface area contributed by atoms with Crippen molar-refractivity contribution in [2.24, 2.45) is 28.3 Å². The Morgan fingerprint density at radius 2 is 2.06 bits per heavy atom. The quantitative estimate of drug-likeness (QED) is 0.177. The first-order valence-corrected chi connectivity index (χ1v) is 11.7. The molecule has 0 saturated carbocycles. The number of aliphatic imine (C=N–C) groups is 1. The van der Waals surface area contributed by atoms with Crippen molar-refractivity contribution in [1.29, 1.82) is 0 Å². The van der Waals surface area contributed by atoms with Gasteiger partial charge in [0.15, 0.2) is 5.96 Å². The van der Waals surface area contributed by atoms with Gasteiger partial charge < -0.3 is 36.8 Å². The molecule has 2 amide bonds. The number of β-lactam (4-membered cyclic amide) rings is 1. The number of carboxylic acid groups (broad SMARTS) is 1. The Morgan fingerprint density at radius 1 is 1.34 bits per heavy atom. The highest BCUT2D eigenvalue weighted by atomic mass is 32.2. The third-order valence-corrected chi connectivity index (χ3v) is 8.31. The van der Waals surface area contributed by atoms with Crippen LogP contribution in [-0.2, 0) is 14.4 Å². The molecule has 32 heavy (non-hydrogen) atoms. The summed E-state index contributed by atoms with van der Waals surface area (Å²) in [5.74, 6) is -2.22. The van der Waals surface area contributed by atoms with Crippen molar-refractivity contribution in [2.75, 3.05) is 19.6 Å². The highest BCUT2D eigenvalue weighted by Crippen LogP contribution is 2.51. The topological polar surface area (TPSA) is 175 Å². The summed E-state index contributed by atoms with van der Waals surface area (Å²) in [5.41, 5.74) is 10.9. The summed E-state index contributed by atoms with van der Waals surface area (Å²) < 4.78 is 0. The lowest BCUT2D eigenvalue weighted by Crippen LogP contribution is -2.63. The fraction of sp³-hybridized carbons (Fsp3) is 0.700. The zero-order valence-corrected chi connectivity index (χ0v) is 18.9. The van der Waals surface area contributed by atoms with Crippen molar-refractivity contribution in [3.05, 3.63) is 10.6 Å². The number of carboxylic acids is 1. The molecule has 0 aromatic carbocycles. The van der Waals surface area contributed by atoms with Crippen LogP contribution in [0.2, 0.25) is 0 Å². The van der Waals surface area contributed by atoms with Gasteiger partial charge in [-0.1, -0.05) is 6.92 Å². The second-order valence-corrected chi connectivity index (χ2v) is 10.3. The number of thioether (sulfide) groups is 1. The number of guanidine groups is 1. The number of nitrogens with one attached hydrogen (secondary N) is 1. The van der Waals surface area contributed by atoms with Crippen LogP contribution in [0.4, 0.5) is 0 Å². The number of likely N-dealkylation sites (tertiary alicyclic amines) is 1. The number of carbonyl (C=O) groups excluding carboxylic acids is 2. The van der Waals surface area contributed by atoms with Crippen molar-refractivity contribution in [3.63, 3.8) is 0 Å². The van der Waals surface area contributed by atoms with Crippen LogP contribution >= 0.6 is 11.8 Å². The Hall–Kier alpha value is -2.31. The van der Waals surface area contributed by atoms with Crippen LogP contribution in [0.3, 0.4) is 0 Å². The molecule has 0 bridgehead atoms. The number of nitrogens with two attached hydrogens (primary N) is 2. The van der Waals surface area contributed by atoms with Crippen LogP contribution in [-0.4, -0.2) is 92.9 Å². The number of fused-ring (bicyclic) bond motifs is 1. The van der Waals surface area contributed by atoms with Gasteiger partial charge in [0.1, 0.15) is 5.70 Å². The fourth-order valence-electron chi connectivity index (χ4n) is 5.32. The van der Waals surface area contributed by atoms with Crippen LogP contribution in [0, 0.1) is 11.8 Å². The van der Waals surface area contributed by atoms with Crippen molar-refractivity contribution >= 4 is 35.5 Å². The van der Waals surface area contributed by atoms with Crippen molar-refractivity contribution in [3.8, 4) is 0 Å². The first-order chi connectivity index (χ1) is 15.1. The normalized spacial score (nSPS) is 35.0. The molecule has 3 saturated heterocycles. The number of hydrogen-bond acceptors (Lipinski definition) is 7. The third kappa shape index (κ3) is 3.84. The molecule has 0 aromatic heterocycles. The zero-order valence-electron chi connectivity index (χ0n) is 18.1. The predicted molar refractivity (Wildman–Crippen MR) is 118 cm³/mol. The van der Waals surface area contributed by atoms with Crippen molar-refractivity contribution in [1.82, 2.24) is 15.1 Å².